The standard InChI is InChI=1S/C19H20N4O2S/c1-4-12-6-7-13(5-2)14(10-12)16-11-26-19(20-16)21-18(25)15-8-9-17(24)23(3)22-15/h6-11H,4-5H2,1-3H3,(H,20,21,25). The Morgan fingerprint density at radius 3 is 2.69 bits per heavy atom. The quantitative estimate of drug-likeness (QED) is 0.750. The maximum atomic E-state index is 12.3. The number of nitrogens with one attached hydrogen (secondary N) is 1. The van der Waals surface area contributed by atoms with Crippen molar-refractivity contribution in [3.8, 4) is 11.3 Å². The number of carbonyl (C=O) groups is 1. The third kappa shape index (κ3) is 3.72. The molecule has 3 rings (SSSR count). The summed E-state index contributed by atoms with van der Waals surface area (Å²) in [5.41, 5.74) is 4.34. The predicted molar refractivity (Wildman–Crippen MR) is 104 cm³/mol. The van der Waals surface area contributed by atoms with E-state index in [1.807, 2.05) is 5.38 Å². The molecule has 0 radical (unpaired) electrons. The van der Waals surface area contributed by atoms with Gasteiger partial charge in [0.15, 0.2) is 5.13 Å². The predicted octanol–water partition coefficient (Wildman–Crippen LogP) is 3.28. The summed E-state index contributed by atoms with van der Waals surface area (Å²) in [6.45, 7) is 4.24. The highest BCUT2D eigenvalue weighted by Crippen LogP contribution is 2.29. The van der Waals surface area contributed by atoms with E-state index in [1.165, 1.54) is 41.6 Å². The van der Waals surface area contributed by atoms with Gasteiger partial charge in [-0.3, -0.25) is 14.9 Å². The first-order valence-electron chi connectivity index (χ1n) is 8.45. The second-order valence-electron chi connectivity index (χ2n) is 5.87. The number of thiazole rings is 1. The summed E-state index contributed by atoms with van der Waals surface area (Å²) < 4.78 is 1.13. The molecule has 1 aromatic carbocycles. The second-order valence-corrected chi connectivity index (χ2v) is 6.73. The van der Waals surface area contributed by atoms with E-state index in [2.05, 4.69) is 47.4 Å². The van der Waals surface area contributed by atoms with Crippen LogP contribution in [0.25, 0.3) is 11.3 Å². The second kappa shape index (κ2) is 7.61. The van der Waals surface area contributed by atoms with Crippen molar-refractivity contribution < 1.29 is 4.79 Å². The highest BCUT2D eigenvalue weighted by Gasteiger charge is 2.13. The number of hydrogen-bond donors (Lipinski definition) is 1. The Bertz CT molecular complexity index is 1010. The van der Waals surface area contributed by atoms with Crippen LogP contribution in [0.2, 0.25) is 0 Å². The van der Waals surface area contributed by atoms with Crippen LogP contribution in [0.5, 0.6) is 0 Å². The summed E-state index contributed by atoms with van der Waals surface area (Å²) in [7, 11) is 1.51. The van der Waals surface area contributed by atoms with Gasteiger partial charge in [-0.05, 0) is 36.1 Å². The number of aryl methyl sites for hydroxylation is 3. The van der Waals surface area contributed by atoms with Gasteiger partial charge < -0.3 is 0 Å². The summed E-state index contributed by atoms with van der Waals surface area (Å²) in [6, 6.07) is 9.17. The lowest BCUT2D eigenvalue weighted by molar-refractivity contribution is 0.102. The molecule has 7 heteroatoms. The number of nitrogens with zero attached hydrogens (tertiary/aromatic N) is 3. The number of carbonyl (C=O) groups excluding carboxylic acids is 1. The van der Waals surface area contributed by atoms with Crippen LogP contribution in [0, 0.1) is 0 Å². The molecule has 26 heavy (non-hydrogen) atoms. The molecule has 0 unspecified atom stereocenters. The van der Waals surface area contributed by atoms with Gasteiger partial charge in [-0.2, -0.15) is 5.10 Å². The van der Waals surface area contributed by atoms with Gasteiger partial charge in [-0.1, -0.05) is 26.0 Å². The zero-order valence-electron chi connectivity index (χ0n) is 14.9. The fourth-order valence-electron chi connectivity index (χ4n) is 2.63. The van der Waals surface area contributed by atoms with E-state index >= 15 is 0 Å². The molecule has 0 spiro atoms. The fraction of sp³-hybridized carbons (Fsp3) is 0.263. The molecule has 134 valence electrons. The minimum Gasteiger partial charge on any atom is -0.296 e. The van der Waals surface area contributed by atoms with Crippen molar-refractivity contribution in [2.45, 2.75) is 26.7 Å². The molecule has 1 amide bonds. The van der Waals surface area contributed by atoms with Gasteiger partial charge in [0.05, 0.1) is 5.69 Å². The van der Waals surface area contributed by atoms with E-state index in [1.54, 1.807) is 0 Å². The molecule has 0 aliphatic heterocycles. The molecule has 1 N–H and O–H groups in total. The Labute approximate surface area is 155 Å². The fourth-order valence-corrected chi connectivity index (χ4v) is 3.34. The monoisotopic (exact) mass is 368 g/mol. The molecule has 2 heterocycles. The largest absolute Gasteiger partial charge is 0.296 e. The van der Waals surface area contributed by atoms with Gasteiger partial charge in [0.25, 0.3) is 11.5 Å². The lowest BCUT2D eigenvalue weighted by Crippen LogP contribution is -2.23. The average Bonchev–Trinajstić information content (AvgIpc) is 3.11. The van der Waals surface area contributed by atoms with Gasteiger partial charge in [-0.25, -0.2) is 9.67 Å². The van der Waals surface area contributed by atoms with E-state index in [9.17, 15) is 9.59 Å². The van der Waals surface area contributed by atoms with E-state index < -0.39 is 0 Å². The van der Waals surface area contributed by atoms with Crippen molar-refractivity contribution in [2.24, 2.45) is 7.05 Å². The van der Waals surface area contributed by atoms with Gasteiger partial charge in [-0.15, -0.1) is 11.3 Å². The topological polar surface area (TPSA) is 76.9 Å². The lowest BCUT2D eigenvalue weighted by Gasteiger charge is -2.07. The van der Waals surface area contributed by atoms with E-state index in [-0.39, 0.29) is 17.2 Å². The number of amides is 1. The van der Waals surface area contributed by atoms with Crippen molar-refractivity contribution in [1.29, 1.82) is 0 Å². The van der Waals surface area contributed by atoms with Crippen LogP contribution in [0.3, 0.4) is 0 Å². The first-order valence-corrected chi connectivity index (χ1v) is 9.33. The molecule has 0 bridgehead atoms. The van der Waals surface area contributed by atoms with Crippen LogP contribution in [-0.4, -0.2) is 20.7 Å². The minimum atomic E-state index is -0.389. The molecule has 6 nitrogen and oxygen atoms in total. The molecular formula is C19H20N4O2S. The van der Waals surface area contributed by atoms with E-state index in [4.69, 9.17) is 0 Å². The van der Waals surface area contributed by atoms with Gasteiger partial charge in [0.2, 0.25) is 0 Å². The van der Waals surface area contributed by atoms with Crippen molar-refractivity contribution in [3.05, 3.63) is 62.9 Å². The minimum absolute atomic E-state index is 0.172. The Kier molecular flexibility index (Phi) is 5.27. The number of rotatable bonds is 5. The molecule has 0 saturated heterocycles. The van der Waals surface area contributed by atoms with Crippen LogP contribution in [0.15, 0.2) is 40.5 Å². The zero-order chi connectivity index (χ0) is 18.7. The van der Waals surface area contributed by atoms with Crippen molar-refractivity contribution in [2.75, 3.05) is 5.32 Å². The van der Waals surface area contributed by atoms with E-state index in [0.717, 1.165) is 28.8 Å². The highest BCUT2D eigenvalue weighted by atomic mass is 32.1. The smallest absolute Gasteiger partial charge is 0.277 e. The molecule has 0 aliphatic rings. The molecule has 3 aromatic rings. The molecule has 0 atom stereocenters. The first-order chi connectivity index (χ1) is 12.5. The van der Waals surface area contributed by atoms with Gasteiger partial charge >= 0.3 is 0 Å². The molecule has 2 aromatic heterocycles. The van der Waals surface area contributed by atoms with Crippen LogP contribution in [0.1, 0.15) is 35.5 Å². The average molecular weight is 368 g/mol. The number of benzene rings is 1. The number of aromatic nitrogens is 3. The molecule has 0 saturated carbocycles. The Morgan fingerprint density at radius 2 is 2.00 bits per heavy atom. The SMILES string of the molecule is CCc1ccc(CC)c(-c2csc(NC(=O)c3ccc(=O)n(C)n3)n2)c1. The first kappa shape index (κ1) is 18.0. The Hall–Kier alpha value is -2.80. The summed E-state index contributed by atoms with van der Waals surface area (Å²) >= 11 is 1.37. The summed E-state index contributed by atoms with van der Waals surface area (Å²) in [6.07, 6.45) is 1.88. The number of hydrogen-bond acceptors (Lipinski definition) is 5. The normalized spacial score (nSPS) is 10.7. The highest BCUT2D eigenvalue weighted by molar-refractivity contribution is 7.14. The maximum Gasteiger partial charge on any atom is 0.277 e. The van der Waals surface area contributed by atoms with Gasteiger partial charge in [0, 0.05) is 24.1 Å². The Morgan fingerprint density at radius 1 is 1.19 bits per heavy atom. The summed E-state index contributed by atoms with van der Waals surface area (Å²) in [5.74, 6) is -0.389. The van der Waals surface area contributed by atoms with Crippen LogP contribution < -0.4 is 10.9 Å². The van der Waals surface area contributed by atoms with Crippen molar-refractivity contribution in [3.63, 3.8) is 0 Å². The zero-order valence-corrected chi connectivity index (χ0v) is 15.8. The van der Waals surface area contributed by atoms with Crippen LogP contribution >= 0.6 is 11.3 Å². The maximum absolute atomic E-state index is 12.3. The molecular weight excluding hydrogens is 348 g/mol. The van der Waals surface area contributed by atoms with E-state index in [0.29, 0.717) is 5.13 Å². The van der Waals surface area contributed by atoms with Crippen LogP contribution in [-0.2, 0) is 19.9 Å². The summed E-state index contributed by atoms with van der Waals surface area (Å²) in [5, 5.41) is 9.15. The lowest BCUT2D eigenvalue weighted by atomic mass is 9.99. The molecule has 0 aliphatic carbocycles. The Balaban J connectivity index is 1.85. The summed E-state index contributed by atoms with van der Waals surface area (Å²) in [4.78, 5) is 28.3. The molecule has 0 fully saturated rings. The van der Waals surface area contributed by atoms with Gasteiger partial charge in [0.1, 0.15) is 5.69 Å². The third-order valence-electron chi connectivity index (χ3n) is 4.16. The van der Waals surface area contributed by atoms with Crippen molar-refractivity contribution in [1.82, 2.24) is 14.8 Å². The van der Waals surface area contributed by atoms with Crippen LogP contribution in [0.4, 0.5) is 5.13 Å². The van der Waals surface area contributed by atoms with Crippen molar-refractivity contribution >= 4 is 22.4 Å². The number of anilines is 1. The third-order valence-corrected chi connectivity index (χ3v) is 4.91.